The molecule has 3 nitrogen and oxygen atoms in total. The molecule has 0 saturated heterocycles. The Balaban J connectivity index is 4.30. The average molecular weight is 201 g/mol. The van der Waals surface area contributed by atoms with Crippen molar-refractivity contribution in [2.75, 3.05) is 13.1 Å². The molecule has 0 bridgehead atoms. The van der Waals surface area contributed by atoms with Gasteiger partial charge in [0.2, 0.25) is 0 Å². The van der Waals surface area contributed by atoms with Crippen molar-refractivity contribution in [2.45, 2.75) is 40.7 Å². The Bertz CT molecular complexity index is 168. The zero-order chi connectivity index (χ0) is 11.3. The van der Waals surface area contributed by atoms with Gasteiger partial charge in [-0.3, -0.25) is 9.69 Å². The summed E-state index contributed by atoms with van der Waals surface area (Å²) in [6.07, 6.45) is 0. The van der Waals surface area contributed by atoms with Crippen LogP contribution in [0.15, 0.2) is 0 Å². The zero-order valence-corrected chi connectivity index (χ0v) is 9.95. The van der Waals surface area contributed by atoms with Crippen LogP contribution in [0.25, 0.3) is 0 Å². The van der Waals surface area contributed by atoms with Gasteiger partial charge in [0.1, 0.15) is 6.04 Å². The maximum absolute atomic E-state index is 10.9. The minimum absolute atomic E-state index is 0.375. The van der Waals surface area contributed by atoms with E-state index in [2.05, 4.69) is 27.7 Å². The zero-order valence-electron chi connectivity index (χ0n) is 9.95. The molecule has 0 aliphatic carbocycles. The molecule has 0 aliphatic rings. The molecule has 1 atom stereocenters. The van der Waals surface area contributed by atoms with Crippen LogP contribution in [0.3, 0.4) is 0 Å². The molecule has 0 fully saturated rings. The first-order valence-electron chi connectivity index (χ1n) is 5.31. The van der Waals surface area contributed by atoms with E-state index in [-0.39, 0.29) is 6.04 Å². The van der Waals surface area contributed by atoms with E-state index in [9.17, 15) is 4.79 Å². The molecule has 0 heterocycles. The first-order valence-corrected chi connectivity index (χ1v) is 5.31. The summed E-state index contributed by atoms with van der Waals surface area (Å²) in [7, 11) is 0. The van der Waals surface area contributed by atoms with Gasteiger partial charge in [-0.05, 0) is 18.8 Å². The molecule has 0 aromatic heterocycles. The summed E-state index contributed by atoms with van der Waals surface area (Å²) in [5.74, 6) is 0.289. The second-order valence-corrected chi connectivity index (χ2v) is 4.76. The molecular weight excluding hydrogens is 178 g/mol. The van der Waals surface area contributed by atoms with Crippen molar-refractivity contribution in [1.29, 1.82) is 0 Å². The van der Waals surface area contributed by atoms with Crippen molar-refractivity contribution in [3.63, 3.8) is 0 Å². The van der Waals surface area contributed by atoms with E-state index in [0.29, 0.717) is 11.8 Å². The third kappa shape index (κ3) is 5.22. The number of aliphatic carboxylic acids is 1. The maximum Gasteiger partial charge on any atom is 0.320 e. The summed E-state index contributed by atoms with van der Waals surface area (Å²) in [5.41, 5.74) is 0. The van der Waals surface area contributed by atoms with E-state index in [1.54, 1.807) is 6.92 Å². The predicted octanol–water partition coefficient (Wildman–Crippen LogP) is 2.07. The Morgan fingerprint density at radius 2 is 1.43 bits per heavy atom. The lowest BCUT2D eigenvalue weighted by molar-refractivity contribution is -0.143. The summed E-state index contributed by atoms with van der Waals surface area (Å²) in [6, 6.07) is -0.375. The van der Waals surface area contributed by atoms with Gasteiger partial charge in [0, 0.05) is 13.1 Å². The molecule has 0 aromatic rings. The molecule has 0 amide bonds. The third-order valence-corrected chi connectivity index (χ3v) is 2.10. The molecule has 0 spiro atoms. The number of carbonyl (C=O) groups is 1. The highest BCUT2D eigenvalue weighted by Gasteiger charge is 2.21. The maximum atomic E-state index is 10.9. The molecule has 1 N–H and O–H groups in total. The highest BCUT2D eigenvalue weighted by atomic mass is 16.4. The number of carboxylic acid groups (broad SMARTS) is 1. The van der Waals surface area contributed by atoms with Gasteiger partial charge in [-0.2, -0.15) is 0 Å². The monoisotopic (exact) mass is 201 g/mol. The van der Waals surface area contributed by atoms with E-state index in [4.69, 9.17) is 5.11 Å². The Kier molecular flexibility index (Phi) is 5.77. The molecule has 3 heteroatoms. The molecule has 84 valence electrons. The Labute approximate surface area is 87.1 Å². The number of hydrogen-bond acceptors (Lipinski definition) is 2. The predicted molar refractivity (Wildman–Crippen MR) is 58.3 cm³/mol. The second-order valence-electron chi connectivity index (χ2n) is 4.76. The molecule has 1 unspecified atom stereocenters. The number of hydrogen-bond donors (Lipinski definition) is 1. The fourth-order valence-electron chi connectivity index (χ4n) is 1.48. The summed E-state index contributed by atoms with van der Waals surface area (Å²) >= 11 is 0. The van der Waals surface area contributed by atoms with Crippen molar-refractivity contribution in [3.05, 3.63) is 0 Å². The minimum atomic E-state index is -0.730. The van der Waals surface area contributed by atoms with Crippen molar-refractivity contribution in [3.8, 4) is 0 Å². The molecule has 0 saturated carbocycles. The normalized spacial score (nSPS) is 14.0. The van der Waals surface area contributed by atoms with Gasteiger partial charge in [-0.1, -0.05) is 27.7 Å². The summed E-state index contributed by atoms with van der Waals surface area (Å²) in [5, 5.41) is 8.94. The van der Waals surface area contributed by atoms with Crippen LogP contribution in [0.2, 0.25) is 0 Å². The average Bonchev–Trinajstić information content (AvgIpc) is 1.99. The highest BCUT2D eigenvalue weighted by molar-refractivity contribution is 5.72. The van der Waals surface area contributed by atoms with Gasteiger partial charge < -0.3 is 5.11 Å². The highest BCUT2D eigenvalue weighted by Crippen LogP contribution is 2.08. The second kappa shape index (κ2) is 6.02. The molecule has 0 aromatic carbocycles. The van der Waals surface area contributed by atoms with E-state index < -0.39 is 5.97 Å². The topological polar surface area (TPSA) is 40.5 Å². The molecule has 14 heavy (non-hydrogen) atoms. The van der Waals surface area contributed by atoms with Crippen LogP contribution in [0.4, 0.5) is 0 Å². The number of carboxylic acids is 1. The van der Waals surface area contributed by atoms with Crippen LogP contribution in [-0.4, -0.2) is 35.1 Å². The van der Waals surface area contributed by atoms with Crippen LogP contribution in [0, 0.1) is 11.8 Å². The Morgan fingerprint density at radius 1 is 1.07 bits per heavy atom. The van der Waals surface area contributed by atoms with Gasteiger partial charge in [0.05, 0.1) is 0 Å². The number of rotatable bonds is 6. The Morgan fingerprint density at radius 3 is 1.64 bits per heavy atom. The fourth-order valence-corrected chi connectivity index (χ4v) is 1.48. The van der Waals surface area contributed by atoms with Crippen molar-refractivity contribution >= 4 is 5.97 Å². The third-order valence-electron chi connectivity index (χ3n) is 2.10. The van der Waals surface area contributed by atoms with E-state index in [0.717, 1.165) is 13.1 Å². The lowest BCUT2D eigenvalue weighted by Gasteiger charge is -2.29. The molecule has 0 rings (SSSR count). The molecule has 0 aliphatic heterocycles. The van der Waals surface area contributed by atoms with Crippen molar-refractivity contribution < 1.29 is 9.90 Å². The quantitative estimate of drug-likeness (QED) is 0.715. The van der Waals surface area contributed by atoms with Crippen molar-refractivity contribution in [2.24, 2.45) is 11.8 Å². The minimum Gasteiger partial charge on any atom is -0.480 e. The first kappa shape index (κ1) is 13.4. The van der Waals surface area contributed by atoms with Crippen LogP contribution < -0.4 is 0 Å². The van der Waals surface area contributed by atoms with Gasteiger partial charge in [-0.15, -0.1) is 0 Å². The standard InChI is InChI=1S/C11H23NO2/c1-8(2)6-12(7-9(3)4)10(5)11(13)14/h8-10H,6-7H2,1-5H3,(H,13,14). The van der Waals surface area contributed by atoms with Gasteiger partial charge in [0.15, 0.2) is 0 Å². The first-order chi connectivity index (χ1) is 6.34. The van der Waals surface area contributed by atoms with E-state index >= 15 is 0 Å². The number of nitrogens with zero attached hydrogens (tertiary/aromatic N) is 1. The van der Waals surface area contributed by atoms with E-state index in [1.807, 2.05) is 4.90 Å². The fraction of sp³-hybridized carbons (Fsp3) is 0.909. The summed E-state index contributed by atoms with van der Waals surface area (Å²) in [4.78, 5) is 12.9. The van der Waals surface area contributed by atoms with Gasteiger partial charge in [-0.25, -0.2) is 0 Å². The van der Waals surface area contributed by atoms with Gasteiger partial charge >= 0.3 is 5.97 Å². The van der Waals surface area contributed by atoms with E-state index in [1.165, 1.54) is 0 Å². The van der Waals surface area contributed by atoms with Crippen LogP contribution in [0.5, 0.6) is 0 Å². The van der Waals surface area contributed by atoms with Crippen LogP contribution in [0.1, 0.15) is 34.6 Å². The van der Waals surface area contributed by atoms with Gasteiger partial charge in [0.25, 0.3) is 0 Å². The largest absolute Gasteiger partial charge is 0.480 e. The lowest BCUT2D eigenvalue weighted by atomic mass is 10.1. The molecule has 0 radical (unpaired) electrons. The Hall–Kier alpha value is -0.570. The molecular formula is C11H23NO2. The summed E-state index contributed by atoms with van der Waals surface area (Å²) < 4.78 is 0. The summed E-state index contributed by atoms with van der Waals surface area (Å²) in [6.45, 7) is 11.9. The van der Waals surface area contributed by atoms with Crippen LogP contribution >= 0.6 is 0 Å². The smallest absolute Gasteiger partial charge is 0.320 e. The van der Waals surface area contributed by atoms with Crippen LogP contribution in [-0.2, 0) is 4.79 Å². The lowest BCUT2D eigenvalue weighted by Crippen LogP contribution is -2.43. The van der Waals surface area contributed by atoms with Crippen molar-refractivity contribution in [1.82, 2.24) is 4.90 Å². The SMILES string of the molecule is CC(C)CN(CC(C)C)C(C)C(=O)O.